The Morgan fingerprint density at radius 3 is 1.70 bits per heavy atom. The number of aromatic carboxylic acids is 2. The molecule has 0 spiro atoms. The first-order valence-electron chi connectivity index (χ1n) is 6.71. The second kappa shape index (κ2) is 7.39. The summed E-state index contributed by atoms with van der Waals surface area (Å²) in [5.74, 6) is -3.99. The highest BCUT2D eigenvalue weighted by atomic mass is 16.4. The Bertz CT molecular complexity index is 648. The van der Waals surface area contributed by atoms with Crippen molar-refractivity contribution in [3.8, 4) is 0 Å². The Balaban J connectivity index is 0.000000284. The summed E-state index contributed by atoms with van der Waals surface area (Å²) in [4.78, 5) is 41.0. The molecule has 1 aromatic rings. The largest absolute Gasteiger partial charge is 0.481 e. The van der Waals surface area contributed by atoms with Crippen LogP contribution < -0.4 is 0 Å². The number of fused-ring (bicyclic) bond motifs is 1. The maximum atomic E-state index is 10.9. The molecule has 0 bridgehead atoms. The van der Waals surface area contributed by atoms with Crippen LogP contribution in [0.2, 0.25) is 0 Å². The molecule has 0 heterocycles. The van der Waals surface area contributed by atoms with Crippen LogP contribution in [0.5, 0.6) is 0 Å². The van der Waals surface area contributed by atoms with Crippen LogP contribution in [0.4, 0.5) is 0 Å². The summed E-state index contributed by atoms with van der Waals surface area (Å²) in [5, 5.41) is 33.6. The van der Waals surface area contributed by atoms with Gasteiger partial charge in [-0.25, -0.2) is 9.59 Å². The van der Waals surface area contributed by atoms with E-state index in [1.54, 1.807) is 0 Å². The zero-order chi connectivity index (χ0) is 17.7. The minimum atomic E-state index is -1.08. The standard InChI is InChI=1S/C11H10O4.C4H6O4/c1-5-4-8-6(10(12)13)2-3-7(9(5)8)11(14)15;5-3(6)1-2-4(7)8/h2-3,5H,4H2,1H3,(H,12,13)(H,14,15);1-2H2,(H,5,6)(H,7,8). The quantitative estimate of drug-likeness (QED) is 0.639. The Morgan fingerprint density at radius 1 is 0.913 bits per heavy atom. The van der Waals surface area contributed by atoms with Gasteiger partial charge in [0.1, 0.15) is 0 Å². The summed E-state index contributed by atoms with van der Waals surface area (Å²) < 4.78 is 0. The monoisotopic (exact) mass is 324 g/mol. The summed E-state index contributed by atoms with van der Waals surface area (Å²) >= 11 is 0. The molecule has 0 aliphatic heterocycles. The van der Waals surface area contributed by atoms with Crippen LogP contribution in [0.1, 0.15) is 57.5 Å². The first-order chi connectivity index (χ1) is 10.6. The fourth-order valence-electron chi connectivity index (χ4n) is 2.33. The third-order valence-electron chi connectivity index (χ3n) is 3.37. The van der Waals surface area contributed by atoms with E-state index in [1.807, 2.05) is 6.92 Å². The summed E-state index contributed by atoms with van der Waals surface area (Å²) in [7, 11) is 0. The van der Waals surface area contributed by atoms with E-state index in [9.17, 15) is 19.2 Å². The molecule has 124 valence electrons. The van der Waals surface area contributed by atoms with Gasteiger partial charge in [-0.1, -0.05) is 6.92 Å². The highest BCUT2D eigenvalue weighted by Crippen LogP contribution is 2.39. The van der Waals surface area contributed by atoms with Gasteiger partial charge in [-0.3, -0.25) is 9.59 Å². The van der Waals surface area contributed by atoms with Gasteiger partial charge in [0.2, 0.25) is 0 Å². The highest BCUT2D eigenvalue weighted by Gasteiger charge is 2.31. The van der Waals surface area contributed by atoms with Crippen molar-refractivity contribution in [2.24, 2.45) is 0 Å². The third-order valence-corrected chi connectivity index (χ3v) is 3.37. The summed E-state index contributed by atoms with van der Waals surface area (Å²) in [5.41, 5.74) is 1.82. The molecule has 0 radical (unpaired) electrons. The molecule has 8 nitrogen and oxygen atoms in total. The maximum Gasteiger partial charge on any atom is 0.335 e. The predicted octanol–water partition coefficient (Wildman–Crippen LogP) is 1.68. The summed E-state index contributed by atoms with van der Waals surface area (Å²) in [6.45, 7) is 1.90. The predicted molar refractivity (Wildman–Crippen MR) is 77.0 cm³/mol. The highest BCUT2D eigenvalue weighted by molar-refractivity contribution is 5.96. The number of aliphatic carboxylic acids is 2. The summed E-state index contributed by atoms with van der Waals surface area (Å²) in [6.07, 6.45) is 0.0583. The lowest BCUT2D eigenvalue weighted by atomic mass is 9.73. The van der Waals surface area contributed by atoms with Crippen molar-refractivity contribution in [3.63, 3.8) is 0 Å². The van der Waals surface area contributed by atoms with Gasteiger partial charge in [0.05, 0.1) is 24.0 Å². The zero-order valence-corrected chi connectivity index (χ0v) is 12.3. The second-order valence-corrected chi connectivity index (χ2v) is 5.06. The fraction of sp³-hybridized carbons (Fsp3) is 0.333. The van der Waals surface area contributed by atoms with Crippen molar-refractivity contribution in [2.75, 3.05) is 0 Å². The number of carbonyl (C=O) groups is 4. The van der Waals surface area contributed by atoms with Gasteiger partial charge >= 0.3 is 23.9 Å². The van der Waals surface area contributed by atoms with Gasteiger partial charge in [-0.05, 0) is 35.6 Å². The number of benzene rings is 1. The van der Waals surface area contributed by atoms with Crippen molar-refractivity contribution in [3.05, 3.63) is 34.4 Å². The van der Waals surface area contributed by atoms with Crippen molar-refractivity contribution >= 4 is 23.9 Å². The van der Waals surface area contributed by atoms with E-state index >= 15 is 0 Å². The van der Waals surface area contributed by atoms with Crippen molar-refractivity contribution < 1.29 is 39.6 Å². The molecule has 1 aliphatic carbocycles. The van der Waals surface area contributed by atoms with Gasteiger partial charge in [0.25, 0.3) is 0 Å². The zero-order valence-electron chi connectivity index (χ0n) is 12.3. The molecular formula is C15H16O8. The topological polar surface area (TPSA) is 149 Å². The fourth-order valence-corrected chi connectivity index (χ4v) is 2.33. The second-order valence-electron chi connectivity index (χ2n) is 5.06. The lowest BCUT2D eigenvalue weighted by Crippen LogP contribution is -2.23. The van der Waals surface area contributed by atoms with E-state index in [4.69, 9.17) is 20.4 Å². The van der Waals surface area contributed by atoms with Crippen LogP contribution >= 0.6 is 0 Å². The molecule has 23 heavy (non-hydrogen) atoms. The molecule has 1 atom stereocenters. The molecule has 8 heteroatoms. The van der Waals surface area contributed by atoms with E-state index in [0.717, 1.165) is 0 Å². The van der Waals surface area contributed by atoms with Gasteiger partial charge in [0, 0.05) is 0 Å². The van der Waals surface area contributed by atoms with E-state index in [2.05, 4.69) is 0 Å². The molecule has 0 amide bonds. The normalized spacial score (nSPS) is 14.6. The third kappa shape index (κ3) is 4.53. The van der Waals surface area contributed by atoms with E-state index in [0.29, 0.717) is 17.5 Å². The van der Waals surface area contributed by atoms with Crippen molar-refractivity contribution in [1.29, 1.82) is 0 Å². The van der Waals surface area contributed by atoms with Gasteiger partial charge in [-0.2, -0.15) is 0 Å². The van der Waals surface area contributed by atoms with Crippen LogP contribution in [-0.4, -0.2) is 44.3 Å². The molecule has 1 unspecified atom stereocenters. The Kier molecular flexibility index (Phi) is 5.83. The van der Waals surface area contributed by atoms with Crippen LogP contribution in [0, 0.1) is 0 Å². The Morgan fingerprint density at radius 2 is 1.35 bits per heavy atom. The Labute approximate surface area is 131 Å². The molecule has 0 aromatic heterocycles. The van der Waals surface area contributed by atoms with E-state index in [-0.39, 0.29) is 29.9 Å². The lowest BCUT2D eigenvalue weighted by Gasteiger charge is -2.30. The minimum absolute atomic E-state index is 0.144. The van der Waals surface area contributed by atoms with Crippen LogP contribution in [0.15, 0.2) is 12.1 Å². The summed E-state index contributed by atoms with van der Waals surface area (Å²) in [6, 6.07) is 2.75. The average molecular weight is 324 g/mol. The lowest BCUT2D eigenvalue weighted by molar-refractivity contribution is -0.143. The van der Waals surface area contributed by atoms with E-state index in [1.165, 1.54) is 12.1 Å². The molecule has 4 N–H and O–H groups in total. The molecule has 0 saturated heterocycles. The average Bonchev–Trinajstić information content (AvgIpc) is 2.43. The smallest absolute Gasteiger partial charge is 0.335 e. The van der Waals surface area contributed by atoms with Crippen LogP contribution in [0.3, 0.4) is 0 Å². The van der Waals surface area contributed by atoms with Crippen molar-refractivity contribution in [1.82, 2.24) is 0 Å². The number of rotatable bonds is 5. The molecule has 1 aliphatic rings. The number of carboxylic acids is 4. The van der Waals surface area contributed by atoms with Crippen molar-refractivity contribution in [2.45, 2.75) is 32.1 Å². The van der Waals surface area contributed by atoms with E-state index < -0.39 is 23.9 Å². The number of hydrogen-bond acceptors (Lipinski definition) is 4. The molecule has 0 fully saturated rings. The molecule has 1 aromatic carbocycles. The molecular weight excluding hydrogens is 308 g/mol. The van der Waals surface area contributed by atoms with Crippen LogP contribution in [-0.2, 0) is 16.0 Å². The van der Waals surface area contributed by atoms with Gasteiger partial charge in [0.15, 0.2) is 0 Å². The number of hydrogen-bond donors (Lipinski definition) is 4. The first kappa shape index (κ1) is 18.1. The molecule has 2 rings (SSSR count). The van der Waals surface area contributed by atoms with Crippen LogP contribution in [0.25, 0.3) is 0 Å². The van der Waals surface area contributed by atoms with Gasteiger partial charge in [-0.15, -0.1) is 0 Å². The van der Waals surface area contributed by atoms with Gasteiger partial charge < -0.3 is 20.4 Å². The first-order valence-corrected chi connectivity index (χ1v) is 6.71. The maximum absolute atomic E-state index is 10.9. The number of carboxylic acid groups (broad SMARTS) is 4. The Hall–Kier alpha value is -2.90. The minimum Gasteiger partial charge on any atom is -0.481 e. The SMILES string of the molecule is CC1Cc2c(C(=O)O)ccc(C(=O)O)c21.O=C(O)CCC(=O)O. The molecule has 0 saturated carbocycles.